The van der Waals surface area contributed by atoms with Crippen LogP contribution in [0.25, 0.3) is 0 Å². The predicted octanol–water partition coefficient (Wildman–Crippen LogP) is 3.98. The zero-order valence-corrected chi connectivity index (χ0v) is 12.7. The quantitative estimate of drug-likeness (QED) is 0.545. The third-order valence-corrected chi connectivity index (χ3v) is 5.56. The molecule has 1 nitrogen and oxygen atoms in total. The first-order chi connectivity index (χ1) is 7.72. The third-order valence-electron chi connectivity index (χ3n) is 4.40. The van der Waals surface area contributed by atoms with Crippen molar-refractivity contribution in [2.75, 3.05) is 0 Å². The van der Waals surface area contributed by atoms with E-state index in [-0.39, 0.29) is 5.78 Å². The second kappa shape index (κ2) is 3.94. The van der Waals surface area contributed by atoms with Crippen molar-refractivity contribution in [2.24, 2.45) is 17.3 Å². The summed E-state index contributed by atoms with van der Waals surface area (Å²) in [5, 5.41) is 0. The summed E-state index contributed by atoms with van der Waals surface area (Å²) in [6.45, 7) is 11.4. The summed E-state index contributed by atoms with van der Waals surface area (Å²) in [5.41, 5.74) is 3.58. The maximum atomic E-state index is 12.2. The van der Waals surface area contributed by atoms with Gasteiger partial charge in [0.05, 0.1) is 8.07 Å². The van der Waals surface area contributed by atoms with Gasteiger partial charge in [-0.1, -0.05) is 45.3 Å². The van der Waals surface area contributed by atoms with Crippen molar-refractivity contribution in [2.45, 2.75) is 46.3 Å². The first kappa shape index (κ1) is 12.8. The van der Waals surface area contributed by atoms with Crippen molar-refractivity contribution < 1.29 is 4.79 Å². The second-order valence-electron chi connectivity index (χ2n) is 7.24. The van der Waals surface area contributed by atoms with Gasteiger partial charge in [-0.2, -0.15) is 0 Å². The molecule has 1 saturated carbocycles. The molecule has 2 atom stereocenters. The molecule has 0 amide bonds. The second-order valence-corrected chi connectivity index (χ2v) is 12.3. The van der Waals surface area contributed by atoms with Crippen LogP contribution in [0.1, 0.15) is 26.7 Å². The maximum Gasteiger partial charge on any atom is 0.181 e. The number of hydrogen-bond donors (Lipinski definition) is 0. The molecular weight excluding hydrogens is 224 g/mol. The summed E-state index contributed by atoms with van der Waals surface area (Å²) in [7, 11) is -1.26. The van der Waals surface area contributed by atoms with Crippen LogP contribution in [-0.4, -0.2) is 13.9 Å². The Morgan fingerprint density at radius 3 is 2.41 bits per heavy atom. The minimum atomic E-state index is -1.26. The van der Waals surface area contributed by atoms with E-state index < -0.39 is 8.07 Å². The van der Waals surface area contributed by atoms with Crippen LogP contribution in [-0.2, 0) is 4.79 Å². The zero-order valence-electron chi connectivity index (χ0n) is 11.7. The summed E-state index contributed by atoms with van der Waals surface area (Å²) < 4.78 is 0. The molecule has 94 valence electrons. The smallest absolute Gasteiger partial charge is 0.181 e. The Morgan fingerprint density at radius 2 is 2.00 bits per heavy atom. The van der Waals surface area contributed by atoms with E-state index in [1.165, 1.54) is 12.8 Å². The SMILES string of the molecule is CC1(C)C2C=C(C(=O)/C=C/[Si](C)(C)C)C1CC2. The largest absolute Gasteiger partial charge is 0.290 e. The monoisotopic (exact) mass is 248 g/mol. The van der Waals surface area contributed by atoms with Crippen LogP contribution in [0.4, 0.5) is 0 Å². The maximum absolute atomic E-state index is 12.2. The first-order valence-electron chi connectivity index (χ1n) is 6.67. The Morgan fingerprint density at radius 1 is 1.35 bits per heavy atom. The molecule has 2 aliphatic carbocycles. The molecular formula is C15H24OSi. The first-order valence-corrected chi connectivity index (χ1v) is 10.2. The zero-order chi connectivity index (χ0) is 12.8. The number of ketones is 1. The lowest BCUT2D eigenvalue weighted by Gasteiger charge is -2.25. The number of fused-ring (bicyclic) bond motifs is 2. The van der Waals surface area contributed by atoms with Crippen LogP contribution in [0.3, 0.4) is 0 Å². The van der Waals surface area contributed by atoms with Crippen molar-refractivity contribution >= 4 is 13.9 Å². The Hall–Kier alpha value is -0.633. The normalized spacial score (nSPS) is 31.0. The number of carbonyl (C=O) groups is 1. The standard InChI is InChI=1S/C15H24OSi/c1-15(2)11-6-7-13(15)12(10-11)14(16)8-9-17(3,4)5/h8-11,13H,6-7H2,1-5H3/b9-8+. The fourth-order valence-corrected chi connectivity index (χ4v) is 3.86. The molecule has 2 aliphatic rings. The molecule has 2 unspecified atom stereocenters. The van der Waals surface area contributed by atoms with E-state index in [9.17, 15) is 4.79 Å². The van der Waals surface area contributed by atoms with Gasteiger partial charge >= 0.3 is 0 Å². The molecule has 0 heterocycles. The van der Waals surface area contributed by atoms with Crippen LogP contribution >= 0.6 is 0 Å². The summed E-state index contributed by atoms with van der Waals surface area (Å²) in [4.78, 5) is 12.2. The van der Waals surface area contributed by atoms with Crippen molar-refractivity contribution in [3.63, 3.8) is 0 Å². The van der Waals surface area contributed by atoms with Crippen LogP contribution in [0.2, 0.25) is 19.6 Å². The van der Waals surface area contributed by atoms with E-state index in [0.29, 0.717) is 17.3 Å². The van der Waals surface area contributed by atoms with Crippen molar-refractivity contribution in [3.8, 4) is 0 Å². The minimum absolute atomic E-state index is 0.271. The lowest BCUT2D eigenvalue weighted by molar-refractivity contribution is -0.112. The summed E-state index contributed by atoms with van der Waals surface area (Å²) in [5.74, 6) is 1.41. The number of allylic oxidation sites excluding steroid dienone is 3. The highest BCUT2D eigenvalue weighted by Crippen LogP contribution is 2.56. The molecule has 0 aromatic carbocycles. The molecule has 2 heteroatoms. The Kier molecular flexibility index (Phi) is 2.97. The van der Waals surface area contributed by atoms with Crippen molar-refractivity contribution in [1.29, 1.82) is 0 Å². The Labute approximate surface area is 106 Å². The minimum Gasteiger partial charge on any atom is -0.290 e. The molecule has 2 bridgehead atoms. The molecule has 17 heavy (non-hydrogen) atoms. The lowest BCUT2D eigenvalue weighted by Crippen LogP contribution is -2.21. The highest BCUT2D eigenvalue weighted by Gasteiger charge is 2.49. The van der Waals surface area contributed by atoms with E-state index in [1.54, 1.807) is 0 Å². The molecule has 0 aliphatic heterocycles. The van der Waals surface area contributed by atoms with Gasteiger partial charge in [-0.3, -0.25) is 4.79 Å². The van der Waals surface area contributed by atoms with E-state index >= 15 is 0 Å². The fraction of sp³-hybridized carbons (Fsp3) is 0.667. The van der Waals surface area contributed by atoms with Gasteiger partial charge in [0, 0.05) is 0 Å². The summed E-state index contributed by atoms with van der Waals surface area (Å²) in [6, 6.07) is 0. The van der Waals surface area contributed by atoms with E-state index in [2.05, 4.69) is 45.3 Å². The van der Waals surface area contributed by atoms with Crippen LogP contribution in [0, 0.1) is 17.3 Å². The van der Waals surface area contributed by atoms with Gasteiger partial charge in [-0.05, 0) is 41.7 Å². The van der Waals surface area contributed by atoms with Crippen molar-refractivity contribution in [3.05, 3.63) is 23.4 Å². The number of carbonyl (C=O) groups excluding carboxylic acids is 1. The Balaban J connectivity index is 2.14. The van der Waals surface area contributed by atoms with Gasteiger partial charge in [-0.25, -0.2) is 0 Å². The van der Waals surface area contributed by atoms with Gasteiger partial charge in [-0.15, -0.1) is 0 Å². The average molecular weight is 248 g/mol. The fourth-order valence-electron chi connectivity index (χ4n) is 3.21. The highest BCUT2D eigenvalue weighted by molar-refractivity contribution is 6.81. The van der Waals surface area contributed by atoms with Crippen LogP contribution in [0.15, 0.2) is 23.4 Å². The third kappa shape index (κ3) is 2.32. The molecule has 2 rings (SSSR count). The van der Waals surface area contributed by atoms with Gasteiger partial charge in [0.1, 0.15) is 0 Å². The van der Waals surface area contributed by atoms with E-state index in [1.807, 2.05) is 6.08 Å². The topological polar surface area (TPSA) is 17.1 Å². The van der Waals surface area contributed by atoms with E-state index in [0.717, 1.165) is 5.57 Å². The average Bonchev–Trinajstić information content (AvgIpc) is 2.63. The molecule has 0 saturated heterocycles. The molecule has 0 spiro atoms. The summed E-state index contributed by atoms with van der Waals surface area (Å²) >= 11 is 0. The Bertz CT molecular complexity index is 396. The molecule has 0 aromatic heterocycles. The predicted molar refractivity (Wildman–Crippen MR) is 75.6 cm³/mol. The molecule has 0 aromatic rings. The van der Waals surface area contributed by atoms with Crippen LogP contribution in [0.5, 0.6) is 0 Å². The highest BCUT2D eigenvalue weighted by atomic mass is 28.3. The molecule has 0 radical (unpaired) electrons. The number of hydrogen-bond acceptors (Lipinski definition) is 1. The summed E-state index contributed by atoms with van der Waals surface area (Å²) in [6.07, 6.45) is 6.57. The van der Waals surface area contributed by atoms with Gasteiger partial charge in [0.25, 0.3) is 0 Å². The van der Waals surface area contributed by atoms with Gasteiger partial charge in [0.15, 0.2) is 5.78 Å². The van der Waals surface area contributed by atoms with Gasteiger partial charge < -0.3 is 0 Å². The van der Waals surface area contributed by atoms with Crippen molar-refractivity contribution in [1.82, 2.24) is 0 Å². The number of rotatable bonds is 3. The lowest BCUT2D eigenvalue weighted by atomic mass is 9.79. The van der Waals surface area contributed by atoms with Gasteiger partial charge in [0.2, 0.25) is 0 Å². The van der Waals surface area contributed by atoms with E-state index in [4.69, 9.17) is 0 Å². The molecule has 1 fully saturated rings. The van der Waals surface area contributed by atoms with Crippen LogP contribution < -0.4 is 0 Å². The molecule has 0 N–H and O–H groups in total.